The molecule has 144 valence electrons. The Morgan fingerprint density at radius 3 is 2.82 bits per heavy atom. The predicted molar refractivity (Wildman–Crippen MR) is 105 cm³/mol. The Morgan fingerprint density at radius 1 is 1.18 bits per heavy atom. The number of benzene rings is 2. The zero-order chi connectivity index (χ0) is 19.7. The van der Waals surface area contributed by atoms with E-state index in [0.717, 1.165) is 16.5 Å². The molecule has 0 N–H and O–H groups in total. The summed E-state index contributed by atoms with van der Waals surface area (Å²) < 4.78 is 20.8. The molecule has 1 aliphatic heterocycles. The van der Waals surface area contributed by atoms with Gasteiger partial charge in [0.15, 0.2) is 0 Å². The van der Waals surface area contributed by atoms with Crippen molar-refractivity contribution in [3.8, 4) is 0 Å². The van der Waals surface area contributed by atoms with E-state index in [1.807, 2.05) is 30.3 Å². The smallest absolute Gasteiger partial charge is 0.254 e. The van der Waals surface area contributed by atoms with Gasteiger partial charge in [0.05, 0.1) is 23.8 Å². The van der Waals surface area contributed by atoms with Gasteiger partial charge in [-0.2, -0.15) is 0 Å². The number of fused-ring (bicyclic) bond motifs is 1. The second-order valence-electron chi connectivity index (χ2n) is 7.05. The van der Waals surface area contributed by atoms with E-state index in [-0.39, 0.29) is 23.4 Å². The quantitative estimate of drug-likeness (QED) is 0.702. The lowest BCUT2D eigenvalue weighted by atomic mass is 10.0. The zero-order valence-corrected chi connectivity index (χ0v) is 15.6. The molecule has 6 heteroatoms. The minimum absolute atomic E-state index is 0.179. The molecule has 0 radical (unpaired) electrons. The Kier molecular flexibility index (Phi) is 4.96. The van der Waals surface area contributed by atoms with Gasteiger partial charge in [-0.15, -0.1) is 0 Å². The summed E-state index contributed by atoms with van der Waals surface area (Å²) in [6.45, 7) is 1.27. The lowest BCUT2D eigenvalue weighted by Crippen LogP contribution is -2.46. The molecular formula is C22H21FN2O3. The van der Waals surface area contributed by atoms with Gasteiger partial charge in [0.2, 0.25) is 0 Å². The van der Waals surface area contributed by atoms with E-state index >= 15 is 0 Å². The van der Waals surface area contributed by atoms with Crippen molar-refractivity contribution >= 4 is 16.8 Å². The summed E-state index contributed by atoms with van der Waals surface area (Å²) >= 11 is 0. The van der Waals surface area contributed by atoms with E-state index in [2.05, 4.69) is 0 Å². The van der Waals surface area contributed by atoms with Gasteiger partial charge in [-0.25, -0.2) is 4.39 Å². The number of nitrogens with zero attached hydrogens (tertiary/aromatic N) is 2. The standard InChI is InChI=1S/C22H21FN2O3/c1-24-20-8-3-2-7-18(20)19(13-21(24)26)22(27)25-9-10-28-17(14-25)12-15-5-4-6-16(23)11-15/h2-8,11,13,17H,9-10,12,14H2,1H3/t17-/m1/s1. The Balaban J connectivity index is 1.59. The molecule has 0 bridgehead atoms. The lowest BCUT2D eigenvalue weighted by molar-refractivity contribution is -0.0207. The van der Waals surface area contributed by atoms with Crippen LogP contribution >= 0.6 is 0 Å². The SMILES string of the molecule is Cn1c(=O)cc(C(=O)N2CCO[C@H](Cc3cccc(F)c3)C2)c2ccccc21. The molecule has 1 saturated heterocycles. The predicted octanol–water partition coefficient (Wildman–Crippen LogP) is 2.76. The number of aryl methyl sites for hydroxylation is 1. The van der Waals surface area contributed by atoms with E-state index in [1.54, 1.807) is 18.0 Å². The number of para-hydroxylation sites is 1. The van der Waals surface area contributed by atoms with Gasteiger partial charge in [0, 0.05) is 38.0 Å². The fourth-order valence-electron chi connectivity index (χ4n) is 3.71. The largest absolute Gasteiger partial charge is 0.374 e. The monoisotopic (exact) mass is 380 g/mol. The van der Waals surface area contributed by atoms with Crippen molar-refractivity contribution in [2.24, 2.45) is 7.05 Å². The molecule has 1 fully saturated rings. The molecular weight excluding hydrogens is 359 g/mol. The van der Waals surface area contributed by atoms with Crippen LogP contribution in [-0.4, -0.2) is 41.2 Å². The first-order valence-corrected chi connectivity index (χ1v) is 9.27. The summed E-state index contributed by atoms with van der Waals surface area (Å²) in [6, 6.07) is 15.2. The number of rotatable bonds is 3. The number of hydrogen-bond acceptors (Lipinski definition) is 3. The molecule has 1 amide bonds. The molecule has 1 atom stereocenters. The molecule has 2 heterocycles. The molecule has 3 aromatic rings. The first kappa shape index (κ1) is 18.4. The molecule has 5 nitrogen and oxygen atoms in total. The van der Waals surface area contributed by atoms with Crippen LogP contribution in [0.5, 0.6) is 0 Å². The van der Waals surface area contributed by atoms with Crippen LogP contribution in [0.1, 0.15) is 15.9 Å². The van der Waals surface area contributed by atoms with Crippen molar-refractivity contribution in [3.63, 3.8) is 0 Å². The molecule has 0 aliphatic carbocycles. The molecule has 0 unspecified atom stereocenters. The van der Waals surface area contributed by atoms with Gasteiger partial charge in [-0.1, -0.05) is 30.3 Å². The van der Waals surface area contributed by atoms with E-state index in [1.165, 1.54) is 22.8 Å². The van der Waals surface area contributed by atoms with Crippen molar-refractivity contribution in [3.05, 3.63) is 81.9 Å². The third-order valence-electron chi connectivity index (χ3n) is 5.16. The fraction of sp³-hybridized carbons (Fsp3) is 0.273. The minimum Gasteiger partial charge on any atom is -0.374 e. The lowest BCUT2D eigenvalue weighted by Gasteiger charge is -2.33. The van der Waals surface area contributed by atoms with E-state index in [4.69, 9.17) is 4.74 Å². The normalized spacial score (nSPS) is 17.1. The maximum atomic E-state index is 13.4. The van der Waals surface area contributed by atoms with Crippen molar-refractivity contribution < 1.29 is 13.9 Å². The third kappa shape index (κ3) is 3.55. The van der Waals surface area contributed by atoms with Crippen LogP contribution in [0.2, 0.25) is 0 Å². The Bertz CT molecular complexity index is 1090. The minimum atomic E-state index is -0.284. The summed E-state index contributed by atoms with van der Waals surface area (Å²) in [5.74, 6) is -0.464. The van der Waals surface area contributed by atoms with Gasteiger partial charge >= 0.3 is 0 Å². The number of carbonyl (C=O) groups is 1. The maximum Gasteiger partial charge on any atom is 0.254 e. The highest BCUT2D eigenvalue weighted by Gasteiger charge is 2.27. The topological polar surface area (TPSA) is 51.5 Å². The molecule has 1 aromatic heterocycles. The van der Waals surface area contributed by atoms with Crippen molar-refractivity contribution in [2.45, 2.75) is 12.5 Å². The van der Waals surface area contributed by atoms with Crippen LogP contribution in [0.4, 0.5) is 4.39 Å². The number of aromatic nitrogens is 1. The van der Waals surface area contributed by atoms with Crippen LogP contribution in [0.25, 0.3) is 10.9 Å². The van der Waals surface area contributed by atoms with Gasteiger partial charge < -0.3 is 14.2 Å². The molecule has 0 saturated carbocycles. The first-order chi connectivity index (χ1) is 13.5. The average Bonchev–Trinajstić information content (AvgIpc) is 2.70. The Labute approximate surface area is 162 Å². The van der Waals surface area contributed by atoms with Crippen LogP contribution in [0, 0.1) is 5.82 Å². The maximum absolute atomic E-state index is 13.4. The molecule has 0 spiro atoms. The van der Waals surface area contributed by atoms with E-state index in [9.17, 15) is 14.0 Å². The van der Waals surface area contributed by atoms with Gasteiger partial charge in [-0.05, 0) is 23.8 Å². The van der Waals surface area contributed by atoms with Crippen LogP contribution in [0.15, 0.2) is 59.4 Å². The molecule has 4 rings (SSSR count). The molecule has 1 aliphatic rings. The van der Waals surface area contributed by atoms with Crippen molar-refractivity contribution in [1.29, 1.82) is 0 Å². The second-order valence-corrected chi connectivity index (χ2v) is 7.05. The highest BCUT2D eigenvalue weighted by molar-refractivity contribution is 6.06. The summed E-state index contributed by atoms with van der Waals surface area (Å²) in [5, 5.41) is 0.753. The second kappa shape index (κ2) is 7.56. The van der Waals surface area contributed by atoms with Crippen molar-refractivity contribution in [1.82, 2.24) is 9.47 Å². The average molecular weight is 380 g/mol. The number of ether oxygens (including phenoxy) is 1. The number of carbonyl (C=O) groups excluding carboxylic acids is 1. The first-order valence-electron chi connectivity index (χ1n) is 9.27. The molecule has 28 heavy (non-hydrogen) atoms. The Morgan fingerprint density at radius 2 is 2.00 bits per heavy atom. The third-order valence-corrected chi connectivity index (χ3v) is 5.16. The summed E-state index contributed by atoms with van der Waals surface area (Å²) in [7, 11) is 1.70. The number of amides is 1. The van der Waals surface area contributed by atoms with E-state index < -0.39 is 0 Å². The zero-order valence-electron chi connectivity index (χ0n) is 15.6. The molecule has 2 aromatic carbocycles. The summed E-state index contributed by atoms with van der Waals surface area (Å²) in [6.07, 6.45) is 0.316. The van der Waals surface area contributed by atoms with Crippen LogP contribution in [-0.2, 0) is 18.2 Å². The highest BCUT2D eigenvalue weighted by Crippen LogP contribution is 2.20. The Hall–Kier alpha value is -2.99. The fourth-order valence-corrected chi connectivity index (χ4v) is 3.71. The van der Waals surface area contributed by atoms with E-state index in [0.29, 0.717) is 31.7 Å². The van der Waals surface area contributed by atoms with Crippen LogP contribution in [0.3, 0.4) is 0 Å². The number of pyridine rings is 1. The van der Waals surface area contributed by atoms with Gasteiger partial charge in [0.25, 0.3) is 11.5 Å². The van der Waals surface area contributed by atoms with Crippen molar-refractivity contribution in [2.75, 3.05) is 19.7 Å². The highest BCUT2D eigenvalue weighted by atomic mass is 19.1. The summed E-state index contributed by atoms with van der Waals surface area (Å²) in [4.78, 5) is 27.2. The number of halogens is 1. The van der Waals surface area contributed by atoms with Gasteiger partial charge in [-0.3, -0.25) is 9.59 Å². The van der Waals surface area contributed by atoms with Gasteiger partial charge in [0.1, 0.15) is 5.82 Å². The number of morpholine rings is 1. The van der Waals surface area contributed by atoms with Crippen LogP contribution < -0.4 is 5.56 Å². The number of hydrogen-bond donors (Lipinski definition) is 0. The summed E-state index contributed by atoms with van der Waals surface area (Å²) in [5.41, 5.74) is 1.75.